The lowest BCUT2D eigenvalue weighted by atomic mass is 9.64. The molecule has 6 heteroatoms. The highest BCUT2D eigenvalue weighted by Crippen LogP contribution is 2.53. The van der Waals surface area contributed by atoms with Crippen LogP contribution in [0.4, 0.5) is 10.3 Å². The van der Waals surface area contributed by atoms with Gasteiger partial charge in [0.1, 0.15) is 5.82 Å². The molecule has 160 valence electrons. The van der Waals surface area contributed by atoms with Crippen LogP contribution in [0.1, 0.15) is 93.7 Å². The van der Waals surface area contributed by atoms with Gasteiger partial charge in [-0.05, 0) is 37.8 Å². The topological polar surface area (TPSA) is 51.0 Å². The van der Waals surface area contributed by atoms with Gasteiger partial charge in [0.05, 0.1) is 11.1 Å². The SMILES string of the molecule is CC(C)c1nc2n(n1)C1(CCCCC1)C1CCCCC1N2C(=O)c1ccccc1F. The summed E-state index contributed by atoms with van der Waals surface area (Å²) in [6.07, 6.45) is 10.2. The molecule has 1 aliphatic heterocycles. The Kier molecular flexibility index (Phi) is 4.91. The molecule has 2 atom stereocenters. The van der Waals surface area contributed by atoms with Crippen LogP contribution >= 0.6 is 0 Å². The fourth-order valence-corrected chi connectivity index (χ4v) is 6.12. The lowest BCUT2D eigenvalue weighted by Gasteiger charge is -2.55. The van der Waals surface area contributed by atoms with Crippen LogP contribution in [-0.2, 0) is 5.54 Å². The zero-order chi connectivity index (χ0) is 20.9. The van der Waals surface area contributed by atoms with Gasteiger partial charge >= 0.3 is 0 Å². The number of rotatable bonds is 2. The van der Waals surface area contributed by atoms with Gasteiger partial charge in [0.2, 0.25) is 5.95 Å². The van der Waals surface area contributed by atoms with E-state index in [0.717, 1.165) is 37.9 Å². The summed E-state index contributed by atoms with van der Waals surface area (Å²) in [5, 5.41) is 4.98. The molecule has 0 saturated heterocycles. The molecule has 2 fully saturated rings. The number of amides is 1. The van der Waals surface area contributed by atoms with Gasteiger partial charge in [0.15, 0.2) is 5.82 Å². The number of carbonyl (C=O) groups is 1. The van der Waals surface area contributed by atoms with Crippen molar-refractivity contribution in [2.45, 2.75) is 89.1 Å². The van der Waals surface area contributed by atoms with Crippen LogP contribution in [0.3, 0.4) is 0 Å². The maximum Gasteiger partial charge on any atom is 0.263 e. The summed E-state index contributed by atoms with van der Waals surface area (Å²) in [6.45, 7) is 4.18. The Balaban J connectivity index is 1.69. The molecule has 0 radical (unpaired) electrons. The van der Waals surface area contributed by atoms with E-state index in [1.165, 1.54) is 31.7 Å². The zero-order valence-electron chi connectivity index (χ0n) is 18.0. The lowest BCUT2D eigenvalue weighted by molar-refractivity contribution is 0.0309. The second kappa shape index (κ2) is 7.47. The van der Waals surface area contributed by atoms with Crippen LogP contribution in [-0.4, -0.2) is 26.7 Å². The predicted molar refractivity (Wildman–Crippen MR) is 114 cm³/mol. The Labute approximate surface area is 177 Å². The fourth-order valence-electron chi connectivity index (χ4n) is 6.12. The first kappa shape index (κ1) is 19.7. The number of nitrogens with zero attached hydrogens (tertiary/aromatic N) is 4. The third-order valence-corrected chi connectivity index (χ3v) is 7.55. The molecule has 2 heterocycles. The van der Waals surface area contributed by atoms with E-state index in [0.29, 0.717) is 11.9 Å². The van der Waals surface area contributed by atoms with Gasteiger partial charge in [0.25, 0.3) is 5.91 Å². The average Bonchev–Trinajstić information content (AvgIpc) is 3.21. The van der Waals surface area contributed by atoms with Crippen molar-refractivity contribution in [2.24, 2.45) is 5.92 Å². The minimum Gasteiger partial charge on any atom is -0.273 e. The van der Waals surface area contributed by atoms with Crippen LogP contribution in [0.15, 0.2) is 24.3 Å². The molecule has 2 saturated carbocycles. The molecule has 30 heavy (non-hydrogen) atoms. The second-order valence-corrected chi connectivity index (χ2v) is 9.61. The van der Waals surface area contributed by atoms with Crippen molar-refractivity contribution in [3.63, 3.8) is 0 Å². The molecule has 2 aromatic rings. The number of hydrogen-bond donors (Lipinski definition) is 0. The van der Waals surface area contributed by atoms with Crippen molar-refractivity contribution < 1.29 is 9.18 Å². The third-order valence-electron chi connectivity index (χ3n) is 7.55. The van der Waals surface area contributed by atoms with E-state index in [-0.39, 0.29) is 29.0 Å². The molecule has 5 nitrogen and oxygen atoms in total. The average molecular weight is 411 g/mol. The molecule has 1 spiro atoms. The van der Waals surface area contributed by atoms with Gasteiger partial charge in [0, 0.05) is 17.9 Å². The van der Waals surface area contributed by atoms with Crippen molar-refractivity contribution in [1.82, 2.24) is 14.8 Å². The van der Waals surface area contributed by atoms with E-state index in [1.807, 2.05) is 0 Å². The van der Waals surface area contributed by atoms with Gasteiger partial charge < -0.3 is 0 Å². The van der Waals surface area contributed by atoms with Gasteiger partial charge in [-0.15, -0.1) is 0 Å². The van der Waals surface area contributed by atoms with Crippen molar-refractivity contribution in [1.29, 1.82) is 0 Å². The van der Waals surface area contributed by atoms with Crippen molar-refractivity contribution in [3.8, 4) is 0 Å². The molecule has 0 N–H and O–H groups in total. The Hall–Kier alpha value is -2.24. The molecule has 1 amide bonds. The van der Waals surface area contributed by atoms with E-state index in [4.69, 9.17) is 10.1 Å². The van der Waals surface area contributed by atoms with Crippen LogP contribution < -0.4 is 4.90 Å². The highest BCUT2D eigenvalue weighted by Gasteiger charge is 2.55. The van der Waals surface area contributed by atoms with Crippen LogP contribution in [0.25, 0.3) is 0 Å². The summed E-state index contributed by atoms with van der Waals surface area (Å²) in [5.74, 6) is 1.20. The smallest absolute Gasteiger partial charge is 0.263 e. The zero-order valence-corrected chi connectivity index (χ0v) is 18.0. The van der Waals surface area contributed by atoms with E-state index in [1.54, 1.807) is 23.1 Å². The number of halogens is 1. The van der Waals surface area contributed by atoms with Gasteiger partial charge in [-0.2, -0.15) is 10.1 Å². The maximum absolute atomic E-state index is 14.6. The van der Waals surface area contributed by atoms with Gasteiger partial charge in [-0.1, -0.05) is 58.1 Å². The number of benzene rings is 1. The summed E-state index contributed by atoms with van der Waals surface area (Å²) in [7, 11) is 0. The maximum atomic E-state index is 14.6. The summed E-state index contributed by atoms with van der Waals surface area (Å²) in [5.41, 5.74) is 0.0761. The first-order chi connectivity index (χ1) is 14.5. The molecule has 3 aliphatic rings. The molecule has 0 bridgehead atoms. The lowest BCUT2D eigenvalue weighted by Crippen LogP contribution is -2.61. The van der Waals surface area contributed by atoms with Crippen LogP contribution in [0, 0.1) is 11.7 Å². The number of hydrogen-bond acceptors (Lipinski definition) is 3. The Morgan fingerprint density at radius 1 is 1.10 bits per heavy atom. The number of aromatic nitrogens is 3. The normalized spacial score (nSPS) is 25.3. The molecule has 2 unspecified atom stereocenters. The Bertz CT molecular complexity index is 946. The van der Waals surface area contributed by atoms with Crippen molar-refractivity contribution in [2.75, 3.05) is 4.90 Å². The Morgan fingerprint density at radius 2 is 1.83 bits per heavy atom. The van der Waals surface area contributed by atoms with E-state index in [2.05, 4.69) is 18.5 Å². The molecule has 1 aromatic heterocycles. The van der Waals surface area contributed by atoms with Crippen molar-refractivity contribution >= 4 is 11.9 Å². The van der Waals surface area contributed by atoms with E-state index in [9.17, 15) is 9.18 Å². The molecule has 2 aliphatic carbocycles. The minimum atomic E-state index is -0.469. The largest absolute Gasteiger partial charge is 0.273 e. The quantitative estimate of drug-likeness (QED) is 0.664. The summed E-state index contributed by atoms with van der Waals surface area (Å²) in [4.78, 5) is 20.4. The molecule has 1 aromatic carbocycles. The highest BCUT2D eigenvalue weighted by atomic mass is 19.1. The molecular weight excluding hydrogens is 379 g/mol. The van der Waals surface area contributed by atoms with Crippen LogP contribution in [0.2, 0.25) is 0 Å². The number of anilines is 1. The monoisotopic (exact) mass is 410 g/mol. The minimum absolute atomic E-state index is 0.0508. The summed E-state index contributed by atoms with van der Waals surface area (Å²) in [6, 6.07) is 6.38. The van der Waals surface area contributed by atoms with Crippen LogP contribution in [0.5, 0.6) is 0 Å². The standard InChI is InChI=1S/C24H31FN4O/c1-16(2)21-26-23-28(22(30)17-10-4-6-12-19(17)25)20-13-7-5-11-18(20)24(29(23)27-21)14-8-3-9-15-24/h4,6,10,12,16,18,20H,3,5,7-9,11,13-15H2,1-2H3. The highest BCUT2D eigenvalue weighted by molar-refractivity contribution is 6.06. The molecular formula is C24H31FN4O. The second-order valence-electron chi connectivity index (χ2n) is 9.61. The first-order valence-corrected chi connectivity index (χ1v) is 11.6. The molecule has 5 rings (SSSR count). The Morgan fingerprint density at radius 3 is 2.57 bits per heavy atom. The van der Waals surface area contributed by atoms with Gasteiger partial charge in [-0.3, -0.25) is 9.69 Å². The first-order valence-electron chi connectivity index (χ1n) is 11.6. The fraction of sp³-hybridized carbons (Fsp3) is 0.625. The van der Waals surface area contributed by atoms with E-state index >= 15 is 0 Å². The number of fused-ring (bicyclic) bond motifs is 4. The summed E-state index contributed by atoms with van der Waals surface area (Å²) >= 11 is 0. The van der Waals surface area contributed by atoms with Gasteiger partial charge in [-0.25, -0.2) is 9.07 Å². The number of carbonyl (C=O) groups excluding carboxylic acids is 1. The van der Waals surface area contributed by atoms with E-state index < -0.39 is 5.82 Å². The third kappa shape index (κ3) is 2.90. The van der Waals surface area contributed by atoms with Crippen molar-refractivity contribution in [3.05, 3.63) is 41.5 Å². The predicted octanol–water partition coefficient (Wildman–Crippen LogP) is 5.42. The summed E-state index contributed by atoms with van der Waals surface area (Å²) < 4.78 is 16.7.